The second-order valence-electron chi connectivity index (χ2n) is 7.74. The predicted molar refractivity (Wildman–Crippen MR) is 91.9 cm³/mol. The average Bonchev–Trinajstić information content (AvgIpc) is 2.90. The molecule has 0 amide bonds. The normalized spacial score (nSPS) is 14.8. The van der Waals surface area contributed by atoms with Gasteiger partial charge >= 0.3 is 5.63 Å². The molecule has 0 aliphatic heterocycles. The standard InChI is InChI=1S/C20H20O5/c1-20(2,3)13-9-15-16(10-6-4-5-7-14(10)24-15)11-8-12(18(21)22)19(23)25-17(11)13/h8-9H,4-7H2,1-3H3,(H,21,22)/p-1. The molecule has 0 bridgehead atoms. The summed E-state index contributed by atoms with van der Waals surface area (Å²) in [6, 6.07) is 3.32. The molecule has 1 aliphatic rings. The quantitative estimate of drug-likeness (QED) is 0.636. The van der Waals surface area contributed by atoms with E-state index in [1.807, 2.05) is 26.8 Å². The molecule has 0 fully saturated rings. The molecule has 5 nitrogen and oxygen atoms in total. The third kappa shape index (κ3) is 2.37. The van der Waals surface area contributed by atoms with E-state index < -0.39 is 17.2 Å². The number of carbonyl (C=O) groups is 1. The van der Waals surface area contributed by atoms with Crippen LogP contribution in [-0.4, -0.2) is 5.97 Å². The highest BCUT2D eigenvalue weighted by Crippen LogP contribution is 2.40. The number of furan rings is 1. The summed E-state index contributed by atoms with van der Waals surface area (Å²) in [6.07, 6.45) is 3.90. The molecule has 130 valence electrons. The van der Waals surface area contributed by atoms with Crippen LogP contribution in [0.5, 0.6) is 0 Å². The van der Waals surface area contributed by atoms with Crippen molar-refractivity contribution in [1.82, 2.24) is 0 Å². The first-order valence-corrected chi connectivity index (χ1v) is 8.54. The van der Waals surface area contributed by atoms with E-state index in [2.05, 4.69) is 0 Å². The Bertz CT molecular complexity index is 1080. The summed E-state index contributed by atoms with van der Waals surface area (Å²) >= 11 is 0. The third-order valence-corrected chi connectivity index (χ3v) is 4.96. The second kappa shape index (κ2) is 5.22. The Balaban J connectivity index is 2.23. The van der Waals surface area contributed by atoms with E-state index in [9.17, 15) is 14.7 Å². The fourth-order valence-electron chi connectivity index (χ4n) is 3.74. The van der Waals surface area contributed by atoms with Gasteiger partial charge in [-0.15, -0.1) is 0 Å². The van der Waals surface area contributed by atoms with Crippen molar-refractivity contribution in [3.05, 3.63) is 45.0 Å². The molecule has 0 N–H and O–H groups in total. The molecular formula is C20H19O5-. The molecule has 25 heavy (non-hydrogen) atoms. The maximum Gasteiger partial charge on any atom is 0.345 e. The van der Waals surface area contributed by atoms with Gasteiger partial charge in [-0.25, -0.2) is 4.79 Å². The predicted octanol–water partition coefficient (Wildman–Crippen LogP) is 3.08. The van der Waals surface area contributed by atoms with Gasteiger partial charge in [0, 0.05) is 28.3 Å². The Morgan fingerprint density at radius 3 is 2.52 bits per heavy atom. The maximum absolute atomic E-state index is 12.1. The number of carboxylic acid groups (broad SMARTS) is 1. The molecule has 1 aromatic carbocycles. The molecule has 3 aromatic rings. The topological polar surface area (TPSA) is 83.5 Å². The number of hydrogen-bond donors (Lipinski definition) is 0. The van der Waals surface area contributed by atoms with Crippen molar-refractivity contribution < 1.29 is 18.7 Å². The van der Waals surface area contributed by atoms with E-state index in [1.165, 1.54) is 6.07 Å². The molecule has 5 heteroatoms. The molecule has 0 spiro atoms. The van der Waals surface area contributed by atoms with Crippen LogP contribution in [0.1, 0.15) is 60.9 Å². The monoisotopic (exact) mass is 339 g/mol. The van der Waals surface area contributed by atoms with Crippen LogP contribution in [0.4, 0.5) is 0 Å². The maximum atomic E-state index is 12.1. The minimum atomic E-state index is -1.53. The lowest BCUT2D eigenvalue weighted by atomic mass is 9.84. The highest BCUT2D eigenvalue weighted by atomic mass is 16.4. The van der Waals surface area contributed by atoms with Crippen molar-refractivity contribution in [2.24, 2.45) is 0 Å². The van der Waals surface area contributed by atoms with Crippen molar-refractivity contribution in [2.45, 2.75) is 51.9 Å². The summed E-state index contributed by atoms with van der Waals surface area (Å²) in [7, 11) is 0. The van der Waals surface area contributed by atoms with Crippen molar-refractivity contribution in [2.75, 3.05) is 0 Å². The van der Waals surface area contributed by atoms with Gasteiger partial charge in [0.05, 0.1) is 11.5 Å². The van der Waals surface area contributed by atoms with Crippen LogP contribution in [0.15, 0.2) is 25.8 Å². The Labute approximate surface area is 144 Å². The van der Waals surface area contributed by atoms with Crippen molar-refractivity contribution >= 4 is 27.9 Å². The first-order chi connectivity index (χ1) is 11.8. The van der Waals surface area contributed by atoms with Gasteiger partial charge < -0.3 is 18.7 Å². The van der Waals surface area contributed by atoms with Crippen LogP contribution in [0.25, 0.3) is 21.9 Å². The summed E-state index contributed by atoms with van der Waals surface area (Å²) < 4.78 is 11.5. The largest absolute Gasteiger partial charge is 0.545 e. The van der Waals surface area contributed by atoms with E-state index >= 15 is 0 Å². The number of fused-ring (bicyclic) bond motifs is 5. The molecule has 0 atom stereocenters. The van der Waals surface area contributed by atoms with Crippen LogP contribution in [-0.2, 0) is 18.3 Å². The first kappa shape index (κ1) is 15.9. The summed E-state index contributed by atoms with van der Waals surface area (Å²) in [5.74, 6) is -0.572. The summed E-state index contributed by atoms with van der Waals surface area (Å²) in [5.41, 5.74) is 1.46. The Morgan fingerprint density at radius 2 is 1.84 bits per heavy atom. The van der Waals surface area contributed by atoms with Gasteiger partial charge in [0.25, 0.3) is 0 Å². The number of aryl methyl sites for hydroxylation is 2. The fraction of sp³-hybridized carbons (Fsp3) is 0.400. The van der Waals surface area contributed by atoms with E-state index in [-0.39, 0.29) is 5.41 Å². The lowest BCUT2D eigenvalue weighted by molar-refractivity contribution is -0.255. The number of aromatic carboxylic acids is 1. The number of rotatable bonds is 1. The van der Waals surface area contributed by atoms with E-state index in [0.29, 0.717) is 11.0 Å². The van der Waals surface area contributed by atoms with Crippen LogP contribution >= 0.6 is 0 Å². The molecule has 4 rings (SSSR count). The van der Waals surface area contributed by atoms with Crippen LogP contribution < -0.4 is 10.7 Å². The van der Waals surface area contributed by atoms with Gasteiger partial charge in [0.2, 0.25) is 0 Å². The van der Waals surface area contributed by atoms with Gasteiger partial charge in [-0.2, -0.15) is 0 Å². The number of benzene rings is 1. The van der Waals surface area contributed by atoms with Crippen molar-refractivity contribution in [3.63, 3.8) is 0 Å². The Hall–Kier alpha value is -2.56. The van der Waals surface area contributed by atoms with Crippen LogP contribution in [0.3, 0.4) is 0 Å². The van der Waals surface area contributed by atoms with Gasteiger partial charge in [-0.05, 0) is 36.8 Å². The molecule has 0 unspecified atom stereocenters. The second-order valence-corrected chi connectivity index (χ2v) is 7.74. The minimum Gasteiger partial charge on any atom is -0.545 e. The number of carboxylic acids is 1. The zero-order valence-electron chi connectivity index (χ0n) is 14.5. The van der Waals surface area contributed by atoms with Gasteiger partial charge in [0.15, 0.2) is 0 Å². The zero-order chi connectivity index (χ0) is 17.9. The minimum absolute atomic E-state index is 0.293. The van der Waals surface area contributed by atoms with Crippen LogP contribution in [0, 0.1) is 0 Å². The third-order valence-electron chi connectivity index (χ3n) is 4.96. The molecule has 0 radical (unpaired) electrons. The first-order valence-electron chi connectivity index (χ1n) is 8.54. The van der Waals surface area contributed by atoms with Crippen molar-refractivity contribution in [3.8, 4) is 0 Å². The highest BCUT2D eigenvalue weighted by molar-refractivity contribution is 6.09. The van der Waals surface area contributed by atoms with E-state index in [1.54, 1.807) is 0 Å². The van der Waals surface area contributed by atoms with Gasteiger partial charge in [0.1, 0.15) is 16.9 Å². The van der Waals surface area contributed by atoms with Gasteiger partial charge in [-0.3, -0.25) is 0 Å². The molecule has 1 aliphatic carbocycles. The summed E-state index contributed by atoms with van der Waals surface area (Å²) in [5, 5.41) is 12.8. The zero-order valence-corrected chi connectivity index (χ0v) is 14.5. The highest BCUT2D eigenvalue weighted by Gasteiger charge is 2.26. The molecule has 0 saturated heterocycles. The SMILES string of the molecule is CC(C)(C)c1cc2oc3c(c2c2cc(C(=O)[O-])c(=O)oc12)CCCC3. The summed E-state index contributed by atoms with van der Waals surface area (Å²) in [4.78, 5) is 23.4. The number of hydrogen-bond acceptors (Lipinski definition) is 5. The molecule has 0 saturated carbocycles. The van der Waals surface area contributed by atoms with E-state index in [0.717, 1.165) is 53.5 Å². The van der Waals surface area contributed by atoms with Crippen molar-refractivity contribution in [1.29, 1.82) is 0 Å². The summed E-state index contributed by atoms with van der Waals surface area (Å²) in [6.45, 7) is 6.05. The van der Waals surface area contributed by atoms with Crippen LogP contribution in [0.2, 0.25) is 0 Å². The van der Waals surface area contributed by atoms with Gasteiger partial charge in [-0.1, -0.05) is 20.8 Å². The molecular weight excluding hydrogens is 320 g/mol. The fourth-order valence-corrected chi connectivity index (χ4v) is 3.74. The average molecular weight is 339 g/mol. The smallest absolute Gasteiger partial charge is 0.345 e. The lowest BCUT2D eigenvalue weighted by Crippen LogP contribution is -2.28. The molecule has 2 aromatic heterocycles. The van der Waals surface area contributed by atoms with E-state index in [4.69, 9.17) is 8.83 Å². The number of carbonyl (C=O) groups excluding carboxylic acids is 1. The Morgan fingerprint density at radius 1 is 1.12 bits per heavy atom. The Kier molecular flexibility index (Phi) is 3.33. The lowest BCUT2D eigenvalue weighted by Gasteiger charge is -2.20. The molecule has 2 heterocycles.